The van der Waals surface area contributed by atoms with E-state index in [2.05, 4.69) is 44.3 Å². The van der Waals surface area contributed by atoms with Crippen LogP contribution in [0.3, 0.4) is 0 Å². The number of carbonyl (C=O) groups excluding carboxylic acids is 1. The molecule has 1 saturated heterocycles. The smallest absolute Gasteiger partial charge is 0.260 e. The van der Waals surface area contributed by atoms with Crippen molar-refractivity contribution in [2.45, 2.75) is 44.7 Å². The van der Waals surface area contributed by atoms with Crippen LogP contribution in [0.1, 0.15) is 42.1 Å². The van der Waals surface area contributed by atoms with Gasteiger partial charge in [-0.25, -0.2) is 0 Å². The number of fused-ring (bicyclic) bond motifs is 1. The molecule has 2 aliphatic rings. The molecule has 0 saturated carbocycles. The Morgan fingerprint density at radius 2 is 1.97 bits per heavy atom. The van der Waals surface area contributed by atoms with E-state index in [1.807, 2.05) is 35.5 Å². The van der Waals surface area contributed by atoms with Crippen molar-refractivity contribution in [1.29, 1.82) is 0 Å². The molecule has 1 N–H and O–H groups in total. The Labute approximate surface area is 188 Å². The van der Waals surface area contributed by atoms with E-state index < -0.39 is 0 Å². The number of amides is 1. The summed E-state index contributed by atoms with van der Waals surface area (Å²) in [7, 11) is 0. The van der Waals surface area contributed by atoms with Gasteiger partial charge in [0.1, 0.15) is 17.9 Å². The number of hydrogen-bond donors (Lipinski definition) is 1. The molecule has 1 aromatic heterocycles. The first kappa shape index (κ1) is 20.5. The minimum absolute atomic E-state index is 0.0756. The summed E-state index contributed by atoms with van der Waals surface area (Å²) in [5.74, 6) is 2.38. The zero-order chi connectivity index (χ0) is 21.8. The van der Waals surface area contributed by atoms with Gasteiger partial charge < -0.3 is 19.5 Å². The Kier molecular flexibility index (Phi) is 6.05. The number of rotatable bonds is 7. The van der Waals surface area contributed by atoms with Gasteiger partial charge in [-0.15, -0.1) is 10.2 Å². The van der Waals surface area contributed by atoms with Crippen LogP contribution in [0.2, 0.25) is 0 Å². The molecule has 7 heteroatoms. The molecule has 5 rings (SSSR count). The molecule has 2 aliphatic heterocycles. The van der Waals surface area contributed by atoms with Gasteiger partial charge in [0.25, 0.3) is 5.91 Å². The van der Waals surface area contributed by atoms with Crippen molar-refractivity contribution >= 4 is 11.6 Å². The first-order chi connectivity index (χ1) is 15.7. The minimum Gasteiger partial charge on any atom is -0.484 e. The molecule has 32 heavy (non-hydrogen) atoms. The molecule has 3 heterocycles. The Morgan fingerprint density at radius 1 is 1.12 bits per heavy atom. The van der Waals surface area contributed by atoms with Crippen molar-refractivity contribution in [3.63, 3.8) is 0 Å². The molecule has 0 aliphatic carbocycles. The predicted molar refractivity (Wildman–Crippen MR) is 123 cm³/mol. The van der Waals surface area contributed by atoms with E-state index in [0.29, 0.717) is 5.92 Å². The second-order valence-electron chi connectivity index (χ2n) is 8.63. The summed E-state index contributed by atoms with van der Waals surface area (Å²) < 4.78 is 7.84. The third-order valence-electron chi connectivity index (χ3n) is 6.43. The van der Waals surface area contributed by atoms with Gasteiger partial charge in [-0.2, -0.15) is 0 Å². The number of nitrogens with zero attached hydrogens (tertiary/aromatic N) is 4. The van der Waals surface area contributed by atoms with Crippen LogP contribution in [0.5, 0.6) is 5.75 Å². The van der Waals surface area contributed by atoms with Crippen molar-refractivity contribution < 1.29 is 9.53 Å². The SMILES string of the molecule is O=C(COc1ccc(CNc2cccc([C@@H]3CCc4nncn4C3)c2)cc1)N1CCCC1. The van der Waals surface area contributed by atoms with Crippen LogP contribution < -0.4 is 10.1 Å². The van der Waals surface area contributed by atoms with Crippen molar-refractivity contribution in [2.75, 3.05) is 25.0 Å². The third kappa shape index (κ3) is 4.77. The fourth-order valence-corrected chi connectivity index (χ4v) is 4.54. The van der Waals surface area contributed by atoms with Gasteiger partial charge in [-0.05, 0) is 54.7 Å². The molecular formula is C25H29N5O2. The summed E-state index contributed by atoms with van der Waals surface area (Å²) in [5, 5.41) is 11.7. The molecule has 1 atom stereocenters. The average Bonchev–Trinajstić information content (AvgIpc) is 3.54. The summed E-state index contributed by atoms with van der Waals surface area (Å²) in [5.41, 5.74) is 3.63. The van der Waals surface area contributed by atoms with Crippen LogP contribution in [-0.4, -0.2) is 45.3 Å². The van der Waals surface area contributed by atoms with Gasteiger partial charge in [0.15, 0.2) is 6.61 Å². The number of anilines is 1. The van der Waals surface area contributed by atoms with E-state index >= 15 is 0 Å². The average molecular weight is 432 g/mol. The fourth-order valence-electron chi connectivity index (χ4n) is 4.54. The van der Waals surface area contributed by atoms with E-state index in [0.717, 1.165) is 69.1 Å². The number of likely N-dealkylation sites (tertiary alicyclic amines) is 1. The molecular weight excluding hydrogens is 402 g/mol. The number of hydrogen-bond acceptors (Lipinski definition) is 5. The van der Waals surface area contributed by atoms with Gasteiger partial charge in [0.2, 0.25) is 0 Å². The molecule has 166 valence electrons. The molecule has 0 radical (unpaired) electrons. The van der Waals surface area contributed by atoms with Crippen molar-refractivity contribution in [1.82, 2.24) is 19.7 Å². The van der Waals surface area contributed by atoms with Crippen LogP contribution in [-0.2, 0) is 24.3 Å². The molecule has 2 aromatic carbocycles. The van der Waals surface area contributed by atoms with Crippen molar-refractivity contribution in [3.05, 3.63) is 71.8 Å². The van der Waals surface area contributed by atoms with Crippen molar-refractivity contribution in [3.8, 4) is 5.75 Å². The lowest BCUT2D eigenvalue weighted by Crippen LogP contribution is -2.32. The summed E-state index contributed by atoms with van der Waals surface area (Å²) in [6.45, 7) is 3.50. The monoisotopic (exact) mass is 431 g/mol. The number of carbonyl (C=O) groups is 1. The molecule has 0 bridgehead atoms. The summed E-state index contributed by atoms with van der Waals surface area (Å²) in [6.07, 6.45) is 6.10. The first-order valence-corrected chi connectivity index (χ1v) is 11.4. The number of benzene rings is 2. The maximum atomic E-state index is 12.1. The van der Waals surface area contributed by atoms with Gasteiger partial charge >= 0.3 is 0 Å². The van der Waals surface area contributed by atoms with E-state index in [4.69, 9.17) is 4.74 Å². The number of aromatic nitrogens is 3. The van der Waals surface area contributed by atoms with Gasteiger partial charge in [-0.1, -0.05) is 24.3 Å². The van der Waals surface area contributed by atoms with E-state index in [1.54, 1.807) is 0 Å². The highest BCUT2D eigenvalue weighted by atomic mass is 16.5. The molecule has 7 nitrogen and oxygen atoms in total. The standard InChI is InChI=1S/C25H29N5O2/c31-25(29-12-1-2-13-29)17-32-23-9-6-19(7-10-23)15-26-22-5-3-4-20(14-22)21-8-11-24-28-27-18-30(24)16-21/h3-7,9-10,14,18,21,26H,1-2,8,11-13,15-17H2/t21-/m1/s1. The topological polar surface area (TPSA) is 72.3 Å². The minimum atomic E-state index is 0.0756. The lowest BCUT2D eigenvalue weighted by molar-refractivity contribution is -0.132. The molecule has 0 unspecified atom stereocenters. The van der Waals surface area contributed by atoms with Gasteiger partial charge in [-0.3, -0.25) is 4.79 Å². The molecule has 0 spiro atoms. The maximum Gasteiger partial charge on any atom is 0.260 e. The quantitative estimate of drug-likeness (QED) is 0.619. The number of nitrogens with one attached hydrogen (secondary N) is 1. The van der Waals surface area contributed by atoms with E-state index in [-0.39, 0.29) is 12.5 Å². The summed E-state index contributed by atoms with van der Waals surface area (Å²) in [4.78, 5) is 14.0. The second kappa shape index (κ2) is 9.42. The van der Waals surface area contributed by atoms with Gasteiger partial charge in [0, 0.05) is 44.2 Å². The molecule has 1 fully saturated rings. The largest absolute Gasteiger partial charge is 0.484 e. The zero-order valence-corrected chi connectivity index (χ0v) is 18.2. The predicted octanol–water partition coefficient (Wildman–Crippen LogP) is 3.62. The van der Waals surface area contributed by atoms with Crippen LogP contribution >= 0.6 is 0 Å². The van der Waals surface area contributed by atoms with Crippen LogP contribution in [0, 0.1) is 0 Å². The summed E-state index contributed by atoms with van der Waals surface area (Å²) in [6, 6.07) is 16.6. The van der Waals surface area contributed by atoms with Crippen LogP contribution in [0.15, 0.2) is 54.9 Å². The maximum absolute atomic E-state index is 12.1. The fraction of sp³-hybridized carbons (Fsp3) is 0.400. The third-order valence-corrected chi connectivity index (χ3v) is 6.43. The Balaban J connectivity index is 1.13. The Hall–Kier alpha value is -3.35. The lowest BCUT2D eigenvalue weighted by atomic mass is 9.91. The number of aryl methyl sites for hydroxylation is 1. The van der Waals surface area contributed by atoms with E-state index in [1.165, 1.54) is 11.1 Å². The highest BCUT2D eigenvalue weighted by Crippen LogP contribution is 2.29. The Morgan fingerprint density at radius 3 is 2.81 bits per heavy atom. The Bertz CT molecular complexity index is 1060. The molecule has 3 aromatic rings. The second-order valence-corrected chi connectivity index (χ2v) is 8.63. The zero-order valence-electron chi connectivity index (χ0n) is 18.2. The van der Waals surface area contributed by atoms with Crippen LogP contribution in [0.4, 0.5) is 5.69 Å². The molecule has 1 amide bonds. The lowest BCUT2D eigenvalue weighted by Gasteiger charge is -2.24. The highest BCUT2D eigenvalue weighted by Gasteiger charge is 2.21. The van der Waals surface area contributed by atoms with Gasteiger partial charge in [0.05, 0.1) is 0 Å². The van der Waals surface area contributed by atoms with E-state index in [9.17, 15) is 4.79 Å². The first-order valence-electron chi connectivity index (χ1n) is 11.4. The summed E-state index contributed by atoms with van der Waals surface area (Å²) >= 11 is 0. The van der Waals surface area contributed by atoms with Crippen molar-refractivity contribution in [2.24, 2.45) is 0 Å². The van der Waals surface area contributed by atoms with Crippen LogP contribution in [0.25, 0.3) is 0 Å². The highest BCUT2D eigenvalue weighted by molar-refractivity contribution is 5.78. The number of ether oxygens (including phenoxy) is 1. The normalized spacial score (nSPS) is 17.8.